The van der Waals surface area contributed by atoms with Crippen LogP contribution in [0.4, 0.5) is 0 Å². The summed E-state index contributed by atoms with van der Waals surface area (Å²) in [6.07, 6.45) is 0. The van der Waals surface area contributed by atoms with Gasteiger partial charge in [0.2, 0.25) is 10.0 Å². The Morgan fingerprint density at radius 3 is 2.42 bits per heavy atom. The third-order valence-corrected chi connectivity index (χ3v) is 4.99. The Labute approximate surface area is 142 Å². The van der Waals surface area contributed by atoms with Gasteiger partial charge in [-0.3, -0.25) is 4.79 Å². The molecule has 1 aromatic carbocycles. The van der Waals surface area contributed by atoms with E-state index in [2.05, 4.69) is 10.0 Å². The van der Waals surface area contributed by atoms with E-state index in [4.69, 9.17) is 4.42 Å². The van der Waals surface area contributed by atoms with Gasteiger partial charge in [-0.15, -0.1) is 0 Å². The van der Waals surface area contributed by atoms with Crippen molar-refractivity contribution in [2.24, 2.45) is 0 Å². The maximum absolute atomic E-state index is 12.4. The summed E-state index contributed by atoms with van der Waals surface area (Å²) in [6.45, 7) is 7.10. The molecule has 1 unspecified atom stereocenters. The Morgan fingerprint density at radius 1 is 1.12 bits per heavy atom. The second kappa shape index (κ2) is 7.19. The van der Waals surface area contributed by atoms with Gasteiger partial charge in [-0.2, -0.15) is 0 Å². The molecular weight excluding hydrogens is 328 g/mol. The molecule has 130 valence electrons. The predicted octanol–water partition coefficient (Wildman–Crippen LogP) is 2.77. The maximum atomic E-state index is 12.4. The summed E-state index contributed by atoms with van der Waals surface area (Å²) in [5.41, 5.74) is 0.275. The predicted molar refractivity (Wildman–Crippen MR) is 91.2 cm³/mol. The lowest BCUT2D eigenvalue weighted by molar-refractivity contribution is 0.0935. The van der Waals surface area contributed by atoms with Crippen LogP contribution in [0.5, 0.6) is 0 Å². The average molecular weight is 350 g/mol. The number of hydrogen-bond acceptors (Lipinski definition) is 4. The van der Waals surface area contributed by atoms with Crippen LogP contribution >= 0.6 is 0 Å². The number of benzene rings is 1. The van der Waals surface area contributed by atoms with Crippen molar-refractivity contribution in [3.05, 3.63) is 53.5 Å². The summed E-state index contributed by atoms with van der Waals surface area (Å²) in [4.78, 5) is 12.4. The molecule has 0 bridgehead atoms. The van der Waals surface area contributed by atoms with E-state index < -0.39 is 10.0 Å². The lowest BCUT2D eigenvalue weighted by atomic mass is 10.2. The molecule has 0 aliphatic heterocycles. The normalized spacial score (nSPS) is 13.0. The molecule has 1 amide bonds. The summed E-state index contributed by atoms with van der Waals surface area (Å²) in [7, 11) is -3.64. The van der Waals surface area contributed by atoms with Gasteiger partial charge in [-0.25, -0.2) is 13.1 Å². The second-order valence-corrected chi connectivity index (χ2v) is 7.66. The Morgan fingerprint density at radius 2 is 1.83 bits per heavy atom. The quantitative estimate of drug-likeness (QED) is 0.838. The molecule has 24 heavy (non-hydrogen) atoms. The molecule has 2 N–H and O–H groups in total. The number of hydrogen-bond donors (Lipinski definition) is 2. The van der Waals surface area contributed by atoms with Crippen molar-refractivity contribution in [3.63, 3.8) is 0 Å². The fourth-order valence-electron chi connectivity index (χ4n) is 2.22. The smallest absolute Gasteiger partial charge is 0.251 e. The number of sulfonamides is 1. The van der Waals surface area contributed by atoms with E-state index in [0.717, 1.165) is 5.76 Å². The number of furan rings is 1. The van der Waals surface area contributed by atoms with Gasteiger partial charge in [0.15, 0.2) is 0 Å². The fourth-order valence-corrected chi connectivity index (χ4v) is 3.52. The van der Waals surface area contributed by atoms with Crippen molar-refractivity contribution in [1.29, 1.82) is 0 Å². The van der Waals surface area contributed by atoms with Gasteiger partial charge in [-0.05, 0) is 58.0 Å². The number of amides is 1. The van der Waals surface area contributed by atoms with Crippen LogP contribution < -0.4 is 10.0 Å². The number of carbonyl (C=O) groups is 1. The lowest BCUT2D eigenvalue weighted by Gasteiger charge is -2.13. The third-order valence-electron chi connectivity index (χ3n) is 3.33. The van der Waals surface area contributed by atoms with Crippen LogP contribution in [-0.2, 0) is 10.0 Å². The molecule has 0 saturated carbocycles. The summed E-state index contributed by atoms with van der Waals surface area (Å²) in [5.74, 6) is 1.04. The zero-order valence-corrected chi connectivity index (χ0v) is 15.0. The first kappa shape index (κ1) is 18.2. The zero-order valence-electron chi connectivity index (χ0n) is 14.2. The van der Waals surface area contributed by atoms with Crippen molar-refractivity contribution >= 4 is 15.9 Å². The van der Waals surface area contributed by atoms with E-state index in [-0.39, 0.29) is 28.4 Å². The number of carbonyl (C=O) groups excluding carboxylic acids is 1. The highest BCUT2D eigenvalue weighted by atomic mass is 32.2. The Kier molecular flexibility index (Phi) is 5.46. The van der Waals surface area contributed by atoms with E-state index >= 15 is 0 Å². The molecule has 0 fully saturated rings. The van der Waals surface area contributed by atoms with Gasteiger partial charge < -0.3 is 9.73 Å². The minimum absolute atomic E-state index is 0.0605. The second-order valence-electron chi connectivity index (χ2n) is 5.95. The first-order chi connectivity index (χ1) is 11.2. The van der Waals surface area contributed by atoms with E-state index in [9.17, 15) is 13.2 Å². The molecule has 1 heterocycles. The molecule has 1 aromatic heterocycles. The van der Waals surface area contributed by atoms with Gasteiger partial charge >= 0.3 is 0 Å². The molecule has 2 aromatic rings. The van der Waals surface area contributed by atoms with Crippen molar-refractivity contribution < 1.29 is 17.6 Å². The summed E-state index contributed by atoms with van der Waals surface area (Å²) in [6, 6.07) is 9.02. The topological polar surface area (TPSA) is 88.4 Å². The van der Waals surface area contributed by atoms with Gasteiger partial charge in [0.1, 0.15) is 11.5 Å². The van der Waals surface area contributed by atoms with Crippen LogP contribution in [0.3, 0.4) is 0 Å². The van der Waals surface area contributed by atoms with Crippen molar-refractivity contribution in [1.82, 2.24) is 10.0 Å². The molecule has 7 heteroatoms. The summed E-state index contributed by atoms with van der Waals surface area (Å²) < 4.78 is 32.4. The first-order valence-corrected chi connectivity index (χ1v) is 9.17. The monoisotopic (exact) mass is 350 g/mol. The minimum Gasteiger partial charge on any atom is -0.464 e. The van der Waals surface area contributed by atoms with Crippen molar-refractivity contribution in [3.8, 4) is 0 Å². The fraction of sp³-hybridized carbons (Fsp3) is 0.353. The molecule has 0 aliphatic carbocycles. The van der Waals surface area contributed by atoms with Crippen LogP contribution in [0.25, 0.3) is 0 Å². The van der Waals surface area contributed by atoms with Gasteiger partial charge in [0, 0.05) is 11.6 Å². The van der Waals surface area contributed by atoms with E-state index in [1.165, 1.54) is 12.1 Å². The third kappa shape index (κ3) is 4.46. The molecule has 0 saturated heterocycles. The van der Waals surface area contributed by atoms with Gasteiger partial charge in [0.05, 0.1) is 10.9 Å². The van der Waals surface area contributed by atoms with E-state index in [0.29, 0.717) is 5.76 Å². The number of nitrogens with one attached hydrogen (secondary N) is 2. The molecular formula is C17H22N2O4S. The molecule has 1 atom stereocenters. The molecule has 6 nitrogen and oxygen atoms in total. The standard InChI is InChI=1S/C17H22N2O4S/c1-11(2)19-24(21,22)15-7-5-6-14(10-15)17(20)18-13(4)16-9-8-12(3)23-16/h5-11,13,19H,1-4H3,(H,18,20). The Balaban J connectivity index is 2.17. The SMILES string of the molecule is Cc1ccc(C(C)NC(=O)c2cccc(S(=O)(=O)NC(C)C)c2)o1. The van der Waals surface area contributed by atoms with Crippen LogP contribution in [-0.4, -0.2) is 20.4 Å². The highest BCUT2D eigenvalue weighted by Crippen LogP contribution is 2.17. The van der Waals surface area contributed by atoms with Crippen LogP contribution in [0, 0.1) is 6.92 Å². The molecule has 2 rings (SSSR count). The lowest BCUT2D eigenvalue weighted by Crippen LogP contribution is -2.31. The molecule has 0 spiro atoms. The van der Waals surface area contributed by atoms with Crippen LogP contribution in [0.2, 0.25) is 0 Å². The summed E-state index contributed by atoms with van der Waals surface area (Å²) >= 11 is 0. The largest absolute Gasteiger partial charge is 0.464 e. The maximum Gasteiger partial charge on any atom is 0.251 e. The van der Waals surface area contributed by atoms with E-state index in [1.807, 2.05) is 13.0 Å². The Hall–Kier alpha value is -2.12. The van der Waals surface area contributed by atoms with Crippen LogP contribution in [0.15, 0.2) is 45.7 Å². The highest BCUT2D eigenvalue weighted by molar-refractivity contribution is 7.89. The zero-order chi connectivity index (χ0) is 17.9. The number of rotatable bonds is 6. The van der Waals surface area contributed by atoms with E-state index in [1.54, 1.807) is 39.0 Å². The van der Waals surface area contributed by atoms with Crippen molar-refractivity contribution in [2.45, 2.75) is 44.7 Å². The Bertz CT molecular complexity index is 825. The van der Waals surface area contributed by atoms with Crippen LogP contribution in [0.1, 0.15) is 48.7 Å². The highest BCUT2D eigenvalue weighted by Gasteiger charge is 2.19. The average Bonchev–Trinajstić information content (AvgIpc) is 2.93. The van der Waals surface area contributed by atoms with Crippen molar-refractivity contribution in [2.75, 3.05) is 0 Å². The van der Waals surface area contributed by atoms with Gasteiger partial charge in [-0.1, -0.05) is 6.07 Å². The number of aryl methyl sites for hydroxylation is 1. The van der Waals surface area contributed by atoms with Gasteiger partial charge in [0.25, 0.3) is 5.91 Å². The first-order valence-electron chi connectivity index (χ1n) is 7.68. The molecule has 0 radical (unpaired) electrons. The molecule has 0 aliphatic rings. The summed E-state index contributed by atoms with van der Waals surface area (Å²) in [5, 5.41) is 2.80. The minimum atomic E-state index is -3.64.